The molecule has 1 N–H and O–H groups in total. The molecule has 0 amide bonds. The molecule has 94 valence electrons. The van der Waals surface area contributed by atoms with Crippen molar-refractivity contribution in [2.24, 2.45) is 5.92 Å². The van der Waals surface area contributed by atoms with Crippen molar-refractivity contribution in [2.45, 2.75) is 33.1 Å². The summed E-state index contributed by atoms with van der Waals surface area (Å²) in [6.07, 6.45) is 2.13. The number of ether oxygens (including phenoxy) is 1. The summed E-state index contributed by atoms with van der Waals surface area (Å²) in [5, 5.41) is 9.45. The first-order valence-electron chi connectivity index (χ1n) is 5.97. The van der Waals surface area contributed by atoms with Crippen LogP contribution in [0.15, 0.2) is 18.2 Å². The summed E-state index contributed by atoms with van der Waals surface area (Å²) in [6, 6.07) is 5.20. The van der Waals surface area contributed by atoms with Crippen molar-refractivity contribution in [1.29, 1.82) is 0 Å². The number of aromatic hydroxyl groups is 1. The van der Waals surface area contributed by atoms with Crippen molar-refractivity contribution >= 4 is 5.78 Å². The highest BCUT2D eigenvalue weighted by molar-refractivity contribution is 5.80. The fraction of sp³-hybridized carbons (Fsp3) is 0.500. The zero-order valence-electron chi connectivity index (χ0n) is 10.7. The van der Waals surface area contributed by atoms with E-state index in [1.54, 1.807) is 12.1 Å². The number of phenols is 1. The fourth-order valence-electron chi connectivity index (χ4n) is 1.62. The minimum absolute atomic E-state index is 0.129. The van der Waals surface area contributed by atoms with Crippen LogP contribution in [0, 0.1) is 5.92 Å². The molecule has 3 nitrogen and oxygen atoms in total. The average Bonchev–Trinajstić information content (AvgIpc) is 2.36. The summed E-state index contributed by atoms with van der Waals surface area (Å²) in [4.78, 5) is 11.7. The lowest BCUT2D eigenvalue weighted by atomic mass is 9.97. The van der Waals surface area contributed by atoms with Gasteiger partial charge in [0, 0.05) is 12.3 Å². The molecule has 0 radical (unpaired) electrons. The molecule has 0 aromatic heterocycles. The van der Waals surface area contributed by atoms with Gasteiger partial charge in [0.25, 0.3) is 0 Å². The number of ketones is 1. The van der Waals surface area contributed by atoms with E-state index in [1.165, 1.54) is 7.11 Å². The zero-order valence-corrected chi connectivity index (χ0v) is 10.7. The first-order valence-corrected chi connectivity index (χ1v) is 5.97. The Morgan fingerprint density at radius 2 is 2.18 bits per heavy atom. The summed E-state index contributed by atoms with van der Waals surface area (Å²) in [6.45, 7) is 3.98. The molecule has 0 aliphatic rings. The molecule has 0 saturated carbocycles. The second kappa shape index (κ2) is 6.28. The van der Waals surface area contributed by atoms with Crippen LogP contribution in [0.5, 0.6) is 11.5 Å². The van der Waals surface area contributed by atoms with E-state index in [1.807, 2.05) is 19.9 Å². The molecule has 17 heavy (non-hydrogen) atoms. The second-order valence-electron chi connectivity index (χ2n) is 4.28. The number of benzene rings is 1. The molecule has 1 atom stereocenters. The number of Topliss-reactive ketones (excluding diaryl/α,β-unsaturated/α-hetero) is 1. The molecular formula is C14H20O3. The van der Waals surface area contributed by atoms with Crippen molar-refractivity contribution < 1.29 is 14.6 Å². The summed E-state index contributed by atoms with van der Waals surface area (Å²) >= 11 is 0. The lowest BCUT2D eigenvalue weighted by Gasteiger charge is -2.08. The highest BCUT2D eigenvalue weighted by Crippen LogP contribution is 2.26. The van der Waals surface area contributed by atoms with Gasteiger partial charge in [0.2, 0.25) is 0 Å². The van der Waals surface area contributed by atoms with Gasteiger partial charge >= 0.3 is 0 Å². The number of aryl methyl sites for hydroxylation is 1. The Balaban J connectivity index is 2.61. The third-order valence-corrected chi connectivity index (χ3v) is 3.07. The summed E-state index contributed by atoms with van der Waals surface area (Å²) < 4.78 is 5.03. The van der Waals surface area contributed by atoms with Gasteiger partial charge in [-0.3, -0.25) is 4.79 Å². The van der Waals surface area contributed by atoms with E-state index in [2.05, 4.69) is 0 Å². The molecule has 1 aromatic rings. The average molecular weight is 236 g/mol. The predicted molar refractivity (Wildman–Crippen MR) is 67.4 cm³/mol. The molecule has 0 heterocycles. The Morgan fingerprint density at radius 3 is 2.76 bits per heavy atom. The number of hydrogen-bond acceptors (Lipinski definition) is 3. The van der Waals surface area contributed by atoms with Gasteiger partial charge in [-0.15, -0.1) is 0 Å². The number of hydrogen-bond donors (Lipinski definition) is 1. The third kappa shape index (κ3) is 3.77. The monoisotopic (exact) mass is 236 g/mol. The largest absolute Gasteiger partial charge is 0.504 e. The van der Waals surface area contributed by atoms with E-state index < -0.39 is 0 Å². The number of carbonyl (C=O) groups excluding carboxylic acids is 1. The summed E-state index contributed by atoms with van der Waals surface area (Å²) in [7, 11) is 1.52. The van der Waals surface area contributed by atoms with Gasteiger partial charge < -0.3 is 9.84 Å². The molecule has 0 aliphatic carbocycles. The standard InChI is InChI=1S/C14H20O3/c1-4-10(2)12(15)7-5-11-6-8-13(16)14(9-11)17-3/h6,8-10,16H,4-5,7H2,1-3H3/t10-/m1/s1. The Hall–Kier alpha value is -1.51. The quantitative estimate of drug-likeness (QED) is 0.826. The van der Waals surface area contributed by atoms with Crippen molar-refractivity contribution in [3.63, 3.8) is 0 Å². The van der Waals surface area contributed by atoms with Crippen LogP contribution < -0.4 is 4.74 Å². The maximum absolute atomic E-state index is 11.7. The highest BCUT2D eigenvalue weighted by atomic mass is 16.5. The van der Waals surface area contributed by atoms with Crippen LogP contribution in [0.4, 0.5) is 0 Å². The molecule has 0 spiro atoms. The number of methoxy groups -OCH3 is 1. The van der Waals surface area contributed by atoms with Crippen molar-refractivity contribution in [1.82, 2.24) is 0 Å². The van der Waals surface area contributed by atoms with Crippen molar-refractivity contribution in [2.75, 3.05) is 7.11 Å². The van der Waals surface area contributed by atoms with E-state index in [4.69, 9.17) is 4.74 Å². The zero-order chi connectivity index (χ0) is 12.8. The third-order valence-electron chi connectivity index (χ3n) is 3.07. The van der Waals surface area contributed by atoms with Gasteiger partial charge in [0.15, 0.2) is 11.5 Å². The Labute approximate surface area is 102 Å². The minimum atomic E-state index is 0.129. The Bertz CT molecular complexity index is 385. The van der Waals surface area contributed by atoms with Gasteiger partial charge in [-0.2, -0.15) is 0 Å². The van der Waals surface area contributed by atoms with Crippen molar-refractivity contribution in [3.8, 4) is 11.5 Å². The molecule has 1 rings (SSSR count). The number of rotatable bonds is 6. The van der Waals surface area contributed by atoms with Crippen LogP contribution in [0.2, 0.25) is 0 Å². The predicted octanol–water partition coefficient (Wildman–Crippen LogP) is 2.95. The Morgan fingerprint density at radius 1 is 1.47 bits per heavy atom. The van der Waals surface area contributed by atoms with Gasteiger partial charge in [0.05, 0.1) is 7.11 Å². The van der Waals surface area contributed by atoms with Crippen LogP contribution in [0.25, 0.3) is 0 Å². The smallest absolute Gasteiger partial charge is 0.160 e. The lowest BCUT2D eigenvalue weighted by Crippen LogP contribution is -2.10. The topological polar surface area (TPSA) is 46.5 Å². The van der Waals surface area contributed by atoms with E-state index in [-0.39, 0.29) is 11.7 Å². The first kappa shape index (κ1) is 13.6. The molecule has 3 heteroatoms. The van der Waals surface area contributed by atoms with Gasteiger partial charge in [-0.1, -0.05) is 19.9 Å². The van der Waals surface area contributed by atoms with Gasteiger partial charge in [0.1, 0.15) is 5.78 Å². The fourth-order valence-corrected chi connectivity index (χ4v) is 1.62. The van der Waals surface area contributed by atoms with Crippen molar-refractivity contribution in [3.05, 3.63) is 23.8 Å². The molecule has 0 bridgehead atoms. The summed E-state index contributed by atoms with van der Waals surface area (Å²) in [5.74, 6) is 1.01. The van der Waals surface area contributed by atoms with Crippen LogP contribution in [-0.2, 0) is 11.2 Å². The molecule has 0 aliphatic heterocycles. The normalized spacial score (nSPS) is 12.2. The minimum Gasteiger partial charge on any atom is -0.504 e. The van der Waals surface area contributed by atoms with E-state index in [9.17, 15) is 9.90 Å². The molecule has 0 fully saturated rings. The SMILES string of the molecule is CC[C@@H](C)C(=O)CCc1ccc(O)c(OC)c1. The molecule has 1 aromatic carbocycles. The second-order valence-corrected chi connectivity index (χ2v) is 4.28. The van der Waals surface area contributed by atoms with Crippen LogP contribution in [0.3, 0.4) is 0 Å². The highest BCUT2D eigenvalue weighted by Gasteiger charge is 2.11. The molecule has 0 unspecified atom stereocenters. The van der Waals surface area contributed by atoms with Crippen LogP contribution in [0.1, 0.15) is 32.3 Å². The maximum Gasteiger partial charge on any atom is 0.160 e. The first-order chi connectivity index (χ1) is 8.08. The van der Waals surface area contributed by atoms with E-state index in [0.29, 0.717) is 24.4 Å². The molecule has 0 saturated heterocycles. The summed E-state index contributed by atoms with van der Waals surface area (Å²) in [5.41, 5.74) is 1.01. The van der Waals surface area contributed by atoms with E-state index >= 15 is 0 Å². The number of carbonyl (C=O) groups is 1. The van der Waals surface area contributed by atoms with Crippen LogP contribution in [-0.4, -0.2) is 18.0 Å². The van der Waals surface area contributed by atoms with Gasteiger partial charge in [-0.25, -0.2) is 0 Å². The molecular weight excluding hydrogens is 216 g/mol. The lowest BCUT2D eigenvalue weighted by molar-refractivity contribution is -0.122. The van der Waals surface area contributed by atoms with Crippen LogP contribution >= 0.6 is 0 Å². The maximum atomic E-state index is 11.7. The van der Waals surface area contributed by atoms with E-state index in [0.717, 1.165) is 12.0 Å². The number of phenolic OH excluding ortho intramolecular Hbond substituents is 1. The van der Waals surface area contributed by atoms with Gasteiger partial charge in [-0.05, 0) is 30.5 Å². The Kier molecular flexibility index (Phi) is 5.01.